The van der Waals surface area contributed by atoms with E-state index >= 15 is 0 Å². The fraction of sp³-hybridized carbons (Fsp3) is 0.400. The van der Waals surface area contributed by atoms with Crippen LogP contribution in [-0.4, -0.2) is 11.6 Å². The summed E-state index contributed by atoms with van der Waals surface area (Å²) in [6, 6.07) is 0. The summed E-state index contributed by atoms with van der Waals surface area (Å²) in [6.07, 6.45) is 8.96. The summed E-state index contributed by atoms with van der Waals surface area (Å²) in [5.41, 5.74) is -0.106. The van der Waals surface area contributed by atoms with Crippen LogP contribution in [0.15, 0.2) is 24.3 Å². The molecule has 0 aromatic heterocycles. The smallest absolute Gasteiger partial charge is 0.156 e. The zero-order valence-corrected chi connectivity index (χ0v) is 6.75. The third kappa shape index (κ3) is 1.13. The van der Waals surface area contributed by atoms with Gasteiger partial charge >= 0.3 is 0 Å². The van der Waals surface area contributed by atoms with E-state index in [2.05, 4.69) is 0 Å². The predicted molar refractivity (Wildman–Crippen MR) is 44.6 cm³/mol. The summed E-state index contributed by atoms with van der Waals surface area (Å²) in [4.78, 5) is 21.9. The molecule has 0 aromatic carbocycles. The molecule has 0 amide bonds. The number of hydrogen-bond donors (Lipinski definition) is 0. The van der Waals surface area contributed by atoms with Crippen LogP contribution >= 0.6 is 0 Å². The Bertz CT molecular complexity index is 299. The van der Waals surface area contributed by atoms with Crippen LogP contribution in [0.5, 0.6) is 0 Å². The van der Waals surface area contributed by atoms with Gasteiger partial charge in [-0.3, -0.25) is 9.59 Å². The van der Waals surface area contributed by atoms with E-state index in [4.69, 9.17) is 0 Å². The van der Waals surface area contributed by atoms with Crippen molar-refractivity contribution in [3.8, 4) is 0 Å². The van der Waals surface area contributed by atoms with Crippen molar-refractivity contribution in [2.45, 2.75) is 19.3 Å². The molecule has 0 aromatic rings. The largest absolute Gasteiger partial charge is 0.295 e. The lowest BCUT2D eigenvalue weighted by atomic mass is 9.78. The van der Waals surface area contributed by atoms with Gasteiger partial charge in [0.2, 0.25) is 0 Å². The summed E-state index contributed by atoms with van der Waals surface area (Å²) >= 11 is 0. The number of rotatable bonds is 0. The first kappa shape index (κ1) is 7.47. The molecule has 62 valence electrons. The van der Waals surface area contributed by atoms with Gasteiger partial charge in [0, 0.05) is 18.3 Å². The Morgan fingerprint density at radius 1 is 1.08 bits per heavy atom. The summed E-state index contributed by atoms with van der Waals surface area (Å²) in [7, 11) is 0. The van der Waals surface area contributed by atoms with Gasteiger partial charge < -0.3 is 0 Å². The van der Waals surface area contributed by atoms with Crippen molar-refractivity contribution in [2.75, 3.05) is 0 Å². The highest BCUT2D eigenvalue weighted by atomic mass is 16.1. The van der Waals surface area contributed by atoms with Gasteiger partial charge in [-0.15, -0.1) is 0 Å². The maximum atomic E-state index is 11.0. The topological polar surface area (TPSA) is 34.1 Å². The van der Waals surface area contributed by atoms with E-state index in [1.165, 1.54) is 0 Å². The van der Waals surface area contributed by atoms with Gasteiger partial charge in [0.05, 0.1) is 0 Å². The zero-order chi connectivity index (χ0) is 8.60. The molecule has 1 unspecified atom stereocenters. The van der Waals surface area contributed by atoms with Crippen molar-refractivity contribution in [3.63, 3.8) is 0 Å². The molecule has 2 aliphatic rings. The molecule has 12 heavy (non-hydrogen) atoms. The third-order valence-corrected chi connectivity index (χ3v) is 2.54. The molecule has 0 aliphatic heterocycles. The first-order valence-electron chi connectivity index (χ1n) is 4.14. The van der Waals surface area contributed by atoms with Crippen molar-refractivity contribution >= 4 is 11.6 Å². The van der Waals surface area contributed by atoms with Crippen LogP contribution in [0.1, 0.15) is 19.3 Å². The van der Waals surface area contributed by atoms with Gasteiger partial charge in [0.1, 0.15) is 0 Å². The van der Waals surface area contributed by atoms with Crippen LogP contribution < -0.4 is 0 Å². The van der Waals surface area contributed by atoms with Crippen molar-refractivity contribution < 1.29 is 9.59 Å². The first-order chi connectivity index (χ1) is 5.70. The molecule has 1 spiro atoms. The van der Waals surface area contributed by atoms with Crippen molar-refractivity contribution in [1.29, 1.82) is 0 Å². The highest BCUT2D eigenvalue weighted by molar-refractivity contribution is 5.95. The third-order valence-electron chi connectivity index (χ3n) is 2.54. The van der Waals surface area contributed by atoms with E-state index in [0.717, 1.165) is 6.42 Å². The van der Waals surface area contributed by atoms with Crippen molar-refractivity contribution in [2.24, 2.45) is 5.41 Å². The van der Waals surface area contributed by atoms with Crippen LogP contribution in [-0.2, 0) is 9.59 Å². The second-order valence-electron chi connectivity index (χ2n) is 3.51. The summed E-state index contributed by atoms with van der Waals surface area (Å²) in [6.45, 7) is 0. The standard InChI is InChI=1S/C10H10O2/c11-8-1-4-10(5-2-8)6-3-9(12)7-10/h1,3-4,6H,2,5,7H2. The van der Waals surface area contributed by atoms with Crippen molar-refractivity contribution in [1.82, 2.24) is 0 Å². The zero-order valence-electron chi connectivity index (χ0n) is 6.75. The SMILES string of the molecule is O=C1C=CC2(C=CC(=O)C2)CC1. The Morgan fingerprint density at radius 3 is 2.25 bits per heavy atom. The normalized spacial score (nSPS) is 33.7. The fourth-order valence-electron chi connectivity index (χ4n) is 1.77. The summed E-state index contributed by atoms with van der Waals surface area (Å²) < 4.78 is 0. The summed E-state index contributed by atoms with van der Waals surface area (Å²) in [5.74, 6) is 0.349. The predicted octanol–water partition coefficient (Wildman–Crippen LogP) is 1.42. The van der Waals surface area contributed by atoms with E-state index in [1.54, 1.807) is 12.2 Å². The minimum atomic E-state index is -0.106. The molecule has 0 saturated heterocycles. The van der Waals surface area contributed by atoms with Gasteiger partial charge in [-0.05, 0) is 18.6 Å². The Hall–Kier alpha value is -1.18. The van der Waals surface area contributed by atoms with Crippen LogP contribution in [0.2, 0.25) is 0 Å². The molecule has 0 bridgehead atoms. The minimum absolute atomic E-state index is 0.106. The average Bonchev–Trinajstić information content (AvgIpc) is 2.40. The molecule has 2 aliphatic carbocycles. The average molecular weight is 162 g/mol. The molecular formula is C10H10O2. The molecule has 0 fully saturated rings. The maximum Gasteiger partial charge on any atom is 0.156 e. The molecule has 2 nitrogen and oxygen atoms in total. The molecule has 0 heterocycles. The highest BCUT2D eigenvalue weighted by Crippen LogP contribution is 2.38. The lowest BCUT2D eigenvalue weighted by Gasteiger charge is -2.24. The van der Waals surface area contributed by atoms with Crippen LogP contribution in [0, 0.1) is 5.41 Å². The fourth-order valence-corrected chi connectivity index (χ4v) is 1.77. The Kier molecular flexibility index (Phi) is 1.50. The minimum Gasteiger partial charge on any atom is -0.295 e. The lowest BCUT2D eigenvalue weighted by Crippen LogP contribution is -2.19. The Labute approximate surface area is 71.0 Å². The molecule has 1 atom stereocenters. The molecular weight excluding hydrogens is 152 g/mol. The number of carbonyl (C=O) groups is 2. The maximum absolute atomic E-state index is 11.0. The number of hydrogen-bond acceptors (Lipinski definition) is 2. The number of ketones is 2. The molecule has 2 heteroatoms. The van der Waals surface area contributed by atoms with E-state index in [1.807, 2.05) is 12.2 Å². The Balaban J connectivity index is 2.25. The molecule has 0 N–H and O–H groups in total. The van der Waals surface area contributed by atoms with E-state index in [0.29, 0.717) is 12.8 Å². The summed E-state index contributed by atoms with van der Waals surface area (Å²) in [5, 5.41) is 0. The lowest BCUT2D eigenvalue weighted by molar-refractivity contribution is -0.117. The van der Waals surface area contributed by atoms with E-state index < -0.39 is 0 Å². The number of carbonyl (C=O) groups excluding carboxylic acids is 2. The van der Waals surface area contributed by atoms with Gasteiger partial charge in [-0.1, -0.05) is 12.2 Å². The van der Waals surface area contributed by atoms with E-state index in [9.17, 15) is 9.59 Å². The van der Waals surface area contributed by atoms with Gasteiger partial charge in [0.15, 0.2) is 11.6 Å². The van der Waals surface area contributed by atoms with E-state index in [-0.39, 0.29) is 17.0 Å². The second-order valence-corrected chi connectivity index (χ2v) is 3.51. The monoisotopic (exact) mass is 162 g/mol. The first-order valence-corrected chi connectivity index (χ1v) is 4.14. The Morgan fingerprint density at radius 2 is 1.75 bits per heavy atom. The molecule has 0 radical (unpaired) electrons. The van der Waals surface area contributed by atoms with Gasteiger partial charge in [-0.2, -0.15) is 0 Å². The van der Waals surface area contributed by atoms with Crippen LogP contribution in [0.4, 0.5) is 0 Å². The second kappa shape index (κ2) is 2.41. The van der Waals surface area contributed by atoms with Crippen LogP contribution in [0.3, 0.4) is 0 Å². The van der Waals surface area contributed by atoms with Crippen molar-refractivity contribution in [3.05, 3.63) is 24.3 Å². The highest BCUT2D eigenvalue weighted by Gasteiger charge is 2.33. The van der Waals surface area contributed by atoms with Gasteiger partial charge in [-0.25, -0.2) is 0 Å². The van der Waals surface area contributed by atoms with Gasteiger partial charge in [0.25, 0.3) is 0 Å². The quantitative estimate of drug-likeness (QED) is 0.539. The number of allylic oxidation sites excluding steroid dienone is 4. The molecule has 2 rings (SSSR count). The van der Waals surface area contributed by atoms with Crippen LogP contribution in [0.25, 0.3) is 0 Å². The molecule has 0 saturated carbocycles.